The van der Waals surface area contributed by atoms with Gasteiger partial charge in [0.2, 0.25) is 0 Å². The molecule has 0 aliphatic carbocycles. The molecule has 138 valence electrons. The summed E-state index contributed by atoms with van der Waals surface area (Å²) in [5, 5.41) is 3.00. The molecule has 0 spiro atoms. The molecule has 1 saturated heterocycles. The zero-order valence-corrected chi connectivity index (χ0v) is 16.1. The molecule has 0 radical (unpaired) electrons. The molecule has 2 aromatic rings. The van der Waals surface area contributed by atoms with Crippen LogP contribution in [0.15, 0.2) is 53.4 Å². The lowest BCUT2D eigenvalue weighted by atomic mass is 10.2. The Morgan fingerprint density at radius 2 is 1.88 bits per heavy atom. The SMILES string of the molecule is CCOc1ccccc1N1CCN(C(=O)Nc2cccc(SC)c2)CC1. The van der Waals surface area contributed by atoms with Crippen LogP contribution in [-0.2, 0) is 0 Å². The molecule has 0 bridgehead atoms. The van der Waals surface area contributed by atoms with Gasteiger partial charge in [-0.3, -0.25) is 0 Å². The van der Waals surface area contributed by atoms with Crippen molar-refractivity contribution in [1.82, 2.24) is 4.90 Å². The highest BCUT2D eigenvalue weighted by atomic mass is 32.2. The van der Waals surface area contributed by atoms with Gasteiger partial charge in [0.15, 0.2) is 0 Å². The molecule has 0 aromatic heterocycles. The molecular weight excluding hydrogens is 346 g/mol. The van der Waals surface area contributed by atoms with E-state index in [2.05, 4.69) is 16.3 Å². The highest BCUT2D eigenvalue weighted by Gasteiger charge is 2.23. The number of para-hydroxylation sites is 2. The second kappa shape index (κ2) is 8.85. The minimum atomic E-state index is -0.0407. The number of benzene rings is 2. The van der Waals surface area contributed by atoms with E-state index in [4.69, 9.17) is 4.74 Å². The average molecular weight is 372 g/mol. The Labute approximate surface area is 159 Å². The Hall–Kier alpha value is -2.34. The van der Waals surface area contributed by atoms with Crippen molar-refractivity contribution in [1.29, 1.82) is 0 Å². The molecule has 2 aromatic carbocycles. The number of piperazine rings is 1. The van der Waals surface area contributed by atoms with E-state index in [9.17, 15) is 4.79 Å². The van der Waals surface area contributed by atoms with Crippen molar-refractivity contribution in [3.63, 3.8) is 0 Å². The van der Waals surface area contributed by atoms with Crippen LogP contribution in [0.2, 0.25) is 0 Å². The van der Waals surface area contributed by atoms with Crippen LogP contribution < -0.4 is 15.0 Å². The second-order valence-electron chi connectivity index (χ2n) is 6.04. The van der Waals surface area contributed by atoms with Crippen LogP contribution in [0.25, 0.3) is 0 Å². The summed E-state index contributed by atoms with van der Waals surface area (Å²) in [4.78, 5) is 17.8. The summed E-state index contributed by atoms with van der Waals surface area (Å²) in [6.45, 7) is 5.60. The smallest absolute Gasteiger partial charge is 0.321 e. The fraction of sp³-hybridized carbons (Fsp3) is 0.350. The van der Waals surface area contributed by atoms with Crippen molar-refractivity contribution in [2.75, 3.05) is 49.3 Å². The first-order valence-corrected chi connectivity index (χ1v) is 10.1. The molecule has 5 nitrogen and oxygen atoms in total. The topological polar surface area (TPSA) is 44.8 Å². The van der Waals surface area contributed by atoms with Crippen LogP contribution in [0.3, 0.4) is 0 Å². The summed E-state index contributed by atoms with van der Waals surface area (Å²) in [5.41, 5.74) is 1.94. The van der Waals surface area contributed by atoms with E-state index in [-0.39, 0.29) is 6.03 Å². The van der Waals surface area contributed by atoms with Crippen LogP contribution >= 0.6 is 11.8 Å². The van der Waals surface area contributed by atoms with Crippen molar-refractivity contribution in [3.05, 3.63) is 48.5 Å². The molecule has 1 N–H and O–H groups in total. The van der Waals surface area contributed by atoms with Crippen LogP contribution in [0, 0.1) is 0 Å². The van der Waals surface area contributed by atoms with Crippen molar-refractivity contribution in [2.45, 2.75) is 11.8 Å². The molecule has 26 heavy (non-hydrogen) atoms. The van der Waals surface area contributed by atoms with Crippen molar-refractivity contribution in [2.24, 2.45) is 0 Å². The number of carbonyl (C=O) groups excluding carboxylic acids is 1. The number of thioether (sulfide) groups is 1. The van der Waals surface area contributed by atoms with E-state index < -0.39 is 0 Å². The fourth-order valence-electron chi connectivity index (χ4n) is 3.05. The standard InChI is InChI=1S/C20H25N3O2S/c1-3-25-19-10-5-4-9-18(19)22-11-13-23(14-12-22)20(24)21-16-7-6-8-17(15-16)26-2/h4-10,15H,3,11-14H2,1-2H3,(H,21,24). The van der Waals surface area contributed by atoms with Crippen LogP contribution in [0.4, 0.5) is 16.2 Å². The normalized spacial score (nSPS) is 14.2. The van der Waals surface area contributed by atoms with Gasteiger partial charge in [0.05, 0.1) is 12.3 Å². The summed E-state index contributed by atoms with van der Waals surface area (Å²) in [5.74, 6) is 0.904. The van der Waals surface area contributed by atoms with Crippen LogP contribution in [0.5, 0.6) is 5.75 Å². The Morgan fingerprint density at radius 1 is 1.12 bits per heavy atom. The molecule has 3 rings (SSSR count). The van der Waals surface area contributed by atoms with Gasteiger partial charge in [0.1, 0.15) is 5.75 Å². The van der Waals surface area contributed by atoms with E-state index >= 15 is 0 Å². The zero-order valence-electron chi connectivity index (χ0n) is 15.3. The minimum Gasteiger partial charge on any atom is -0.492 e. The number of rotatable bonds is 5. The number of nitrogens with zero attached hydrogens (tertiary/aromatic N) is 2. The number of carbonyl (C=O) groups is 1. The van der Waals surface area contributed by atoms with Gasteiger partial charge < -0.3 is 19.9 Å². The molecule has 0 atom stereocenters. The van der Waals surface area contributed by atoms with Gasteiger partial charge in [-0.25, -0.2) is 4.79 Å². The zero-order chi connectivity index (χ0) is 18.4. The lowest BCUT2D eigenvalue weighted by Crippen LogP contribution is -2.50. The summed E-state index contributed by atoms with van der Waals surface area (Å²) in [7, 11) is 0. The molecule has 1 fully saturated rings. The van der Waals surface area contributed by atoms with E-state index in [0.717, 1.165) is 35.1 Å². The van der Waals surface area contributed by atoms with Gasteiger partial charge in [0, 0.05) is 36.8 Å². The molecule has 6 heteroatoms. The van der Waals surface area contributed by atoms with E-state index in [1.54, 1.807) is 11.8 Å². The first-order valence-electron chi connectivity index (χ1n) is 8.88. The van der Waals surface area contributed by atoms with Gasteiger partial charge in [0.25, 0.3) is 0 Å². The molecule has 2 amide bonds. The lowest BCUT2D eigenvalue weighted by Gasteiger charge is -2.36. The third-order valence-corrected chi connectivity index (χ3v) is 5.12. The Morgan fingerprint density at radius 3 is 2.62 bits per heavy atom. The predicted molar refractivity (Wildman–Crippen MR) is 109 cm³/mol. The quantitative estimate of drug-likeness (QED) is 0.802. The van der Waals surface area contributed by atoms with Gasteiger partial charge >= 0.3 is 6.03 Å². The third kappa shape index (κ3) is 4.43. The molecule has 1 aliphatic rings. The van der Waals surface area contributed by atoms with E-state index in [0.29, 0.717) is 19.7 Å². The first-order chi connectivity index (χ1) is 12.7. The molecule has 0 saturated carbocycles. The molecule has 1 heterocycles. The van der Waals surface area contributed by atoms with Gasteiger partial charge in [-0.15, -0.1) is 11.8 Å². The van der Waals surface area contributed by atoms with Crippen molar-refractivity contribution >= 4 is 29.2 Å². The summed E-state index contributed by atoms with van der Waals surface area (Å²) in [6, 6.07) is 16.0. The second-order valence-corrected chi connectivity index (χ2v) is 6.92. The van der Waals surface area contributed by atoms with Crippen molar-refractivity contribution in [3.8, 4) is 5.75 Å². The maximum absolute atomic E-state index is 12.5. The number of anilines is 2. The van der Waals surface area contributed by atoms with E-state index in [1.165, 1.54) is 0 Å². The highest BCUT2D eigenvalue weighted by molar-refractivity contribution is 7.98. The first kappa shape index (κ1) is 18.5. The van der Waals surface area contributed by atoms with E-state index in [1.807, 2.05) is 60.5 Å². The van der Waals surface area contributed by atoms with Crippen LogP contribution in [-0.4, -0.2) is 50.0 Å². The predicted octanol–water partition coefficient (Wildman–Crippen LogP) is 4.16. The minimum absolute atomic E-state index is 0.0407. The largest absolute Gasteiger partial charge is 0.492 e. The van der Waals surface area contributed by atoms with Gasteiger partial charge in [-0.2, -0.15) is 0 Å². The van der Waals surface area contributed by atoms with Crippen LogP contribution in [0.1, 0.15) is 6.92 Å². The number of hydrogen-bond donors (Lipinski definition) is 1. The summed E-state index contributed by atoms with van der Waals surface area (Å²) in [6.07, 6.45) is 2.03. The number of amides is 2. The summed E-state index contributed by atoms with van der Waals surface area (Å²) >= 11 is 1.67. The monoisotopic (exact) mass is 371 g/mol. The number of nitrogens with one attached hydrogen (secondary N) is 1. The summed E-state index contributed by atoms with van der Waals surface area (Å²) < 4.78 is 5.73. The maximum Gasteiger partial charge on any atom is 0.321 e. The fourth-order valence-corrected chi connectivity index (χ4v) is 3.51. The Kier molecular flexibility index (Phi) is 6.28. The van der Waals surface area contributed by atoms with Gasteiger partial charge in [-0.05, 0) is 43.5 Å². The number of ether oxygens (including phenoxy) is 1. The Balaban J connectivity index is 1.59. The molecule has 1 aliphatic heterocycles. The highest BCUT2D eigenvalue weighted by Crippen LogP contribution is 2.29. The van der Waals surface area contributed by atoms with Crippen molar-refractivity contribution < 1.29 is 9.53 Å². The Bertz CT molecular complexity index is 745. The number of hydrogen-bond acceptors (Lipinski definition) is 4. The lowest BCUT2D eigenvalue weighted by molar-refractivity contribution is 0.208. The third-order valence-electron chi connectivity index (χ3n) is 4.39. The van der Waals surface area contributed by atoms with Gasteiger partial charge in [-0.1, -0.05) is 18.2 Å². The molecule has 0 unspecified atom stereocenters. The maximum atomic E-state index is 12.5. The molecular formula is C20H25N3O2S. The number of urea groups is 1. The average Bonchev–Trinajstić information content (AvgIpc) is 2.69.